The normalized spacial score (nSPS) is 13.0. The molecule has 0 aliphatic carbocycles. The van der Waals surface area contributed by atoms with E-state index in [4.69, 9.17) is 11.6 Å². The van der Waals surface area contributed by atoms with Gasteiger partial charge in [-0.05, 0) is 82.5 Å². The molecule has 0 heterocycles. The van der Waals surface area contributed by atoms with E-state index in [0.717, 1.165) is 30.6 Å². The summed E-state index contributed by atoms with van der Waals surface area (Å²) in [6.07, 6.45) is 4.97. The summed E-state index contributed by atoms with van der Waals surface area (Å²) in [5.41, 5.74) is 1.43. The molecule has 0 saturated heterocycles. The Kier molecular flexibility index (Phi) is 9.77. The van der Waals surface area contributed by atoms with Gasteiger partial charge in [0.1, 0.15) is 0 Å². The number of nitrogens with one attached hydrogen (secondary N) is 1. The number of halogens is 1. The van der Waals surface area contributed by atoms with Crippen molar-refractivity contribution < 1.29 is 0 Å². The maximum atomic E-state index is 6.01. The van der Waals surface area contributed by atoms with Crippen molar-refractivity contribution in [2.75, 3.05) is 33.7 Å². The topological polar surface area (TPSA) is 15.3 Å². The van der Waals surface area contributed by atoms with Gasteiger partial charge in [0.05, 0.1) is 0 Å². The lowest BCUT2D eigenvalue weighted by atomic mass is 9.89. The molecule has 0 aromatic heterocycles. The second-order valence-corrected chi connectivity index (χ2v) is 7.35. The fourth-order valence-electron chi connectivity index (χ4n) is 2.67. The van der Waals surface area contributed by atoms with Gasteiger partial charge in [0.2, 0.25) is 0 Å². The molecule has 0 radical (unpaired) electrons. The van der Waals surface area contributed by atoms with Gasteiger partial charge in [0, 0.05) is 5.02 Å². The van der Waals surface area contributed by atoms with E-state index in [1.54, 1.807) is 0 Å². The van der Waals surface area contributed by atoms with E-state index < -0.39 is 0 Å². The van der Waals surface area contributed by atoms with Gasteiger partial charge < -0.3 is 10.2 Å². The third kappa shape index (κ3) is 8.77. The molecule has 0 aliphatic heterocycles. The van der Waals surface area contributed by atoms with Crippen molar-refractivity contribution in [2.45, 2.75) is 45.4 Å². The van der Waals surface area contributed by atoms with E-state index in [9.17, 15) is 0 Å². The van der Waals surface area contributed by atoms with Crippen LogP contribution in [-0.2, 0) is 0 Å². The lowest BCUT2D eigenvalue weighted by molar-refractivity contribution is 0.392. The Labute approximate surface area is 142 Å². The molecule has 3 heteroatoms. The van der Waals surface area contributed by atoms with Crippen molar-refractivity contribution >= 4 is 11.6 Å². The van der Waals surface area contributed by atoms with Crippen LogP contribution in [0.15, 0.2) is 24.3 Å². The first-order chi connectivity index (χ1) is 10.5. The molecule has 1 atom stereocenters. The van der Waals surface area contributed by atoms with Crippen LogP contribution in [0.3, 0.4) is 0 Å². The first kappa shape index (κ1) is 19.5. The standard InChI is InChI=1S/C19H33ClN2/c1-16(2)6-7-18(17-8-10-19(20)11-9-17)12-14-21-13-5-15-22(3)4/h8-11,16,18,21H,5-7,12-15H2,1-4H3/t18-/m1/s1. The lowest BCUT2D eigenvalue weighted by Gasteiger charge is -2.19. The van der Waals surface area contributed by atoms with Crippen LogP contribution in [0, 0.1) is 5.92 Å². The van der Waals surface area contributed by atoms with Crippen LogP contribution in [0.5, 0.6) is 0 Å². The van der Waals surface area contributed by atoms with E-state index in [-0.39, 0.29) is 0 Å². The Morgan fingerprint density at radius 3 is 2.27 bits per heavy atom. The van der Waals surface area contributed by atoms with E-state index in [1.165, 1.54) is 31.2 Å². The third-order valence-electron chi connectivity index (χ3n) is 4.06. The van der Waals surface area contributed by atoms with Crippen molar-refractivity contribution in [3.05, 3.63) is 34.9 Å². The summed E-state index contributed by atoms with van der Waals surface area (Å²) < 4.78 is 0. The van der Waals surface area contributed by atoms with Crippen LogP contribution in [-0.4, -0.2) is 38.6 Å². The van der Waals surface area contributed by atoms with Crippen molar-refractivity contribution in [2.24, 2.45) is 5.92 Å². The van der Waals surface area contributed by atoms with Gasteiger partial charge in [-0.15, -0.1) is 0 Å². The summed E-state index contributed by atoms with van der Waals surface area (Å²) in [6.45, 7) is 7.96. The zero-order valence-corrected chi connectivity index (χ0v) is 15.5. The lowest BCUT2D eigenvalue weighted by Crippen LogP contribution is -2.23. The number of benzene rings is 1. The largest absolute Gasteiger partial charge is 0.317 e. The Morgan fingerprint density at radius 2 is 1.68 bits per heavy atom. The first-order valence-corrected chi connectivity index (χ1v) is 8.97. The van der Waals surface area contributed by atoms with Gasteiger partial charge in [-0.1, -0.05) is 44.0 Å². The number of hydrogen-bond donors (Lipinski definition) is 1. The Bertz CT molecular complexity index is 387. The molecule has 1 aromatic rings. The quantitative estimate of drug-likeness (QED) is 0.589. The van der Waals surface area contributed by atoms with Gasteiger partial charge in [-0.2, -0.15) is 0 Å². The maximum Gasteiger partial charge on any atom is 0.0406 e. The zero-order chi connectivity index (χ0) is 16.4. The number of hydrogen-bond acceptors (Lipinski definition) is 2. The molecule has 1 aromatic carbocycles. The first-order valence-electron chi connectivity index (χ1n) is 8.60. The second-order valence-electron chi connectivity index (χ2n) is 6.92. The molecule has 126 valence electrons. The summed E-state index contributed by atoms with van der Waals surface area (Å²) in [6, 6.07) is 8.42. The van der Waals surface area contributed by atoms with E-state index in [0.29, 0.717) is 5.92 Å². The zero-order valence-electron chi connectivity index (χ0n) is 14.7. The molecule has 0 unspecified atom stereocenters. The van der Waals surface area contributed by atoms with Crippen molar-refractivity contribution in [3.63, 3.8) is 0 Å². The van der Waals surface area contributed by atoms with E-state index in [1.807, 2.05) is 12.1 Å². The van der Waals surface area contributed by atoms with Crippen molar-refractivity contribution in [3.8, 4) is 0 Å². The fourth-order valence-corrected chi connectivity index (χ4v) is 2.79. The number of rotatable bonds is 11. The molecular formula is C19H33ClN2. The molecule has 1 rings (SSSR count). The third-order valence-corrected chi connectivity index (χ3v) is 4.31. The fraction of sp³-hybridized carbons (Fsp3) is 0.684. The second kappa shape index (κ2) is 11.0. The molecule has 0 aliphatic rings. The highest BCUT2D eigenvalue weighted by molar-refractivity contribution is 6.30. The predicted octanol–water partition coefficient (Wildman–Crippen LogP) is 4.79. The van der Waals surface area contributed by atoms with E-state index in [2.05, 4.69) is 50.3 Å². The molecule has 22 heavy (non-hydrogen) atoms. The minimum absolute atomic E-state index is 0.640. The average Bonchev–Trinajstić information content (AvgIpc) is 2.46. The minimum atomic E-state index is 0.640. The van der Waals surface area contributed by atoms with Crippen LogP contribution in [0.4, 0.5) is 0 Å². The summed E-state index contributed by atoms with van der Waals surface area (Å²) in [5.74, 6) is 1.41. The van der Waals surface area contributed by atoms with Crippen LogP contribution in [0.1, 0.15) is 51.0 Å². The van der Waals surface area contributed by atoms with Crippen molar-refractivity contribution in [1.82, 2.24) is 10.2 Å². The number of nitrogens with zero attached hydrogens (tertiary/aromatic N) is 1. The summed E-state index contributed by atoms with van der Waals surface area (Å²) in [5, 5.41) is 4.41. The Morgan fingerprint density at radius 1 is 1.00 bits per heavy atom. The molecular weight excluding hydrogens is 292 g/mol. The molecule has 0 spiro atoms. The van der Waals surface area contributed by atoms with Gasteiger partial charge in [-0.3, -0.25) is 0 Å². The molecule has 0 saturated carbocycles. The van der Waals surface area contributed by atoms with Crippen LogP contribution >= 0.6 is 11.6 Å². The highest BCUT2D eigenvalue weighted by Gasteiger charge is 2.12. The minimum Gasteiger partial charge on any atom is -0.317 e. The molecule has 0 fully saturated rings. The summed E-state index contributed by atoms with van der Waals surface area (Å²) in [7, 11) is 4.25. The van der Waals surface area contributed by atoms with Crippen LogP contribution in [0.2, 0.25) is 5.02 Å². The molecule has 0 bridgehead atoms. The van der Waals surface area contributed by atoms with Crippen LogP contribution < -0.4 is 5.32 Å². The molecule has 0 amide bonds. The van der Waals surface area contributed by atoms with Gasteiger partial charge in [0.25, 0.3) is 0 Å². The van der Waals surface area contributed by atoms with Gasteiger partial charge >= 0.3 is 0 Å². The predicted molar refractivity (Wildman–Crippen MR) is 98.9 cm³/mol. The summed E-state index contributed by atoms with van der Waals surface area (Å²) >= 11 is 6.01. The Hall–Kier alpha value is -0.570. The smallest absolute Gasteiger partial charge is 0.0406 e. The molecule has 1 N–H and O–H groups in total. The Balaban J connectivity index is 2.40. The monoisotopic (exact) mass is 324 g/mol. The van der Waals surface area contributed by atoms with Crippen LogP contribution in [0.25, 0.3) is 0 Å². The highest BCUT2D eigenvalue weighted by atomic mass is 35.5. The SMILES string of the molecule is CC(C)CC[C@H](CCNCCCN(C)C)c1ccc(Cl)cc1. The van der Waals surface area contributed by atoms with Crippen molar-refractivity contribution in [1.29, 1.82) is 0 Å². The average molecular weight is 325 g/mol. The van der Waals surface area contributed by atoms with Gasteiger partial charge in [-0.25, -0.2) is 0 Å². The van der Waals surface area contributed by atoms with Gasteiger partial charge in [0.15, 0.2) is 0 Å². The highest BCUT2D eigenvalue weighted by Crippen LogP contribution is 2.27. The van der Waals surface area contributed by atoms with E-state index >= 15 is 0 Å². The molecule has 2 nitrogen and oxygen atoms in total. The summed E-state index contributed by atoms with van der Waals surface area (Å²) in [4.78, 5) is 2.24. The maximum absolute atomic E-state index is 6.01.